The molecule has 7 aromatic rings. The molecule has 1 fully saturated rings. The van der Waals surface area contributed by atoms with Crippen LogP contribution in [0.25, 0.3) is 0 Å². The number of nitrogens with one attached hydrogen (secondary N) is 5. The number of carboxylic acid groups (broad SMARTS) is 1. The van der Waals surface area contributed by atoms with Gasteiger partial charge in [0.25, 0.3) is 0 Å². The van der Waals surface area contributed by atoms with Crippen LogP contribution in [0.3, 0.4) is 0 Å². The van der Waals surface area contributed by atoms with Crippen molar-refractivity contribution < 1.29 is 146 Å². The van der Waals surface area contributed by atoms with Crippen LogP contribution in [0.2, 0.25) is 0 Å². The molecule has 0 unspecified atom stereocenters. The summed E-state index contributed by atoms with van der Waals surface area (Å²) in [5.41, 5.74) is 9.48. The predicted molar refractivity (Wildman–Crippen MR) is 491 cm³/mol. The molecule has 1 aliphatic rings. The molecule has 27 nitrogen and oxygen atoms in total. The average molecular weight is 2130 g/mol. The van der Waals surface area contributed by atoms with Crippen molar-refractivity contribution in [2.24, 2.45) is 11.5 Å². The van der Waals surface area contributed by atoms with Gasteiger partial charge in [0.1, 0.15) is 38.6 Å². The Bertz CT molecular complexity index is 4830. The zero-order chi connectivity index (χ0) is 107. The summed E-state index contributed by atoms with van der Waals surface area (Å²) in [5, 5.41) is 34.3. The normalized spacial score (nSPS) is 11.6. The summed E-state index contributed by atoms with van der Waals surface area (Å²) in [6.07, 6.45) is -9.68. The molecule has 774 valence electrons. The van der Waals surface area contributed by atoms with E-state index in [-0.39, 0.29) is 58.3 Å². The van der Waals surface area contributed by atoms with E-state index in [1.807, 2.05) is 0 Å². The van der Waals surface area contributed by atoms with Crippen LogP contribution in [0.15, 0.2) is 127 Å². The number of halogens is 19. The van der Waals surface area contributed by atoms with Crippen LogP contribution >= 0.6 is 31.9 Å². The SMILES string of the molecule is CC(C)(C)OC(=O)N(CCN(Cc1ccc(F)c(F)c1)C(=O)OC(C)(C)C)Cc1ccc(F)c(F)c1.CC(C)(C)OC(=O)NCCNC(=O)OC(C)(C)C.CC(C)(C)OC(=O)OC(=O)OC(C)(C)C.Fc1ccc(CBr)cc1F.Fc1ccc(CNCCNCc2ccc(F)c(F)c2)cc1F.N#CBr.N=C1N(Cc2ccc(F)c(F)c2)CCN1Cc1ccc(F)c(F)c1.NCCN.O=C(O)C(F)(F)F. The number of alkyl carbamates (subject to hydrolysis) is 2. The molecule has 0 saturated carbocycles. The van der Waals surface area contributed by atoms with Crippen LogP contribution in [-0.4, -0.2) is 179 Å². The summed E-state index contributed by atoms with van der Waals surface area (Å²) in [6.45, 7) is 35.8. The van der Waals surface area contributed by atoms with Crippen molar-refractivity contribution in [2.45, 2.75) is 209 Å². The number of ether oxygens (including phenoxy) is 7. The van der Waals surface area contributed by atoms with Crippen molar-refractivity contribution in [3.8, 4) is 4.98 Å². The first-order valence-electron chi connectivity index (χ1n) is 41.9. The first-order valence-corrected chi connectivity index (χ1v) is 43.8. The van der Waals surface area contributed by atoms with Crippen LogP contribution < -0.4 is 32.7 Å². The fraction of sp³-hybridized carbons (Fsp3) is 0.452. The molecular weight excluding hydrogens is 2010 g/mol. The maximum Gasteiger partial charge on any atom is 0.519 e. The molecule has 0 spiro atoms. The molecule has 0 aromatic heterocycles. The molecule has 1 heterocycles. The number of carbonyl (C=O) groups excluding carboxylic acids is 6. The Balaban J connectivity index is 0.00000165. The molecule has 4 amide bonds. The maximum atomic E-state index is 13.7. The number of carbonyl (C=O) groups is 7. The second-order valence-electron chi connectivity index (χ2n) is 35.0. The minimum absolute atomic E-state index is 0.0726. The fourth-order valence-electron chi connectivity index (χ4n) is 9.89. The number of nitriles is 1. The first-order chi connectivity index (χ1) is 64.0. The fourth-order valence-corrected chi connectivity index (χ4v) is 10.2. The van der Waals surface area contributed by atoms with Gasteiger partial charge in [0.15, 0.2) is 87.4 Å². The number of carboxylic acids is 1. The van der Waals surface area contributed by atoms with Gasteiger partial charge in [-0.3, -0.25) is 5.41 Å². The molecule has 46 heteroatoms. The van der Waals surface area contributed by atoms with Gasteiger partial charge in [0, 0.05) is 126 Å². The molecule has 7 aromatic carbocycles. The molecule has 1 aliphatic heterocycles. The van der Waals surface area contributed by atoms with Crippen LogP contribution in [-0.2, 0) is 82.6 Å². The second-order valence-corrected chi connectivity index (χ2v) is 36.0. The van der Waals surface area contributed by atoms with Gasteiger partial charge in [-0.2, -0.15) is 18.4 Å². The lowest BCUT2D eigenvalue weighted by atomic mass is 10.2. The van der Waals surface area contributed by atoms with Crippen molar-refractivity contribution in [3.63, 3.8) is 0 Å². The van der Waals surface area contributed by atoms with Gasteiger partial charge in [0.05, 0.1) is 0 Å². The van der Waals surface area contributed by atoms with E-state index in [1.54, 1.807) is 139 Å². The highest BCUT2D eigenvalue weighted by Gasteiger charge is 2.38. The predicted octanol–water partition coefficient (Wildman–Crippen LogP) is 21.2. The Kier molecular flexibility index (Phi) is 56.4. The number of benzene rings is 7. The van der Waals surface area contributed by atoms with E-state index in [9.17, 15) is 103 Å². The molecular formula is C93H119Br2F17N12O15. The van der Waals surface area contributed by atoms with Crippen molar-refractivity contribution in [2.75, 3.05) is 65.4 Å². The Labute approximate surface area is 813 Å². The molecule has 0 bridgehead atoms. The van der Waals surface area contributed by atoms with Crippen molar-refractivity contribution >= 4 is 80.5 Å². The monoisotopic (exact) mass is 2120 g/mol. The molecule has 8 rings (SSSR count). The van der Waals surface area contributed by atoms with Gasteiger partial charge < -0.3 is 90.6 Å². The highest BCUT2D eigenvalue weighted by Crippen LogP contribution is 2.24. The Hall–Kier alpha value is -11.8. The Morgan fingerprint density at radius 1 is 0.396 bits per heavy atom. The van der Waals surface area contributed by atoms with Crippen molar-refractivity contribution in [1.29, 1.82) is 10.7 Å². The topological polar surface area (TPSA) is 365 Å². The summed E-state index contributed by atoms with van der Waals surface area (Å²) >= 11 is 5.58. The number of nitrogens with zero attached hydrogens (tertiary/aromatic N) is 5. The minimum atomic E-state index is -5.08. The lowest BCUT2D eigenvalue weighted by molar-refractivity contribution is -0.192. The molecule has 0 aliphatic carbocycles. The van der Waals surface area contributed by atoms with Crippen molar-refractivity contribution in [1.82, 2.24) is 40.9 Å². The van der Waals surface area contributed by atoms with E-state index < -0.39 is 164 Å². The number of guanidine groups is 1. The third-order valence-corrected chi connectivity index (χ3v) is 16.3. The lowest BCUT2D eigenvalue weighted by Crippen LogP contribution is -2.44. The standard InChI is InChI=1S/C26H32F4N2O4.C17H15F4N3.C16H16F4N2.C12H24N2O4.C10H18O5.C7H5BrF2.C2HF3O2.C2H8N2.CBrN/c1-25(2,3)35-23(33)31(15-17-7-9-19(27)21(29)13-17)11-12-32(24(34)36-26(4,5)6)16-18-8-10-20(28)22(30)14-18;18-13-3-1-11(7-15(13)20)9-23-5-6-24(17(23)22)10-12-2-4-14(19)16(21)8-12;17-13-3-1-11(7-15(13)19)9-21-5-6-22-10-12-2-4-14(18)16(20)8-12;1-11(2,3)17-9(15)13-7-8-14-10(16)18-12(4,5)6;1-9(2,3)14-7(11)13-8(12)15-10(4,5)6;8-4-5-1-2-6(9)7(10)3-5;3-2(4,5)1(6)7;3-1-2-4;2-1-3/h7-10,13-14H,11-12,15-16H2,1-6H3;1-4,7-8,22H,5-6,9-10H2;1-4,7-8,21-22H,5-6,9-10H2;7-8H2,1-6H3,(H,13,15)(H,14,16);1-6H3;1-3H,4H2;(H,6,7);1-4H2;. The highest BCUT2D eigenvalue weighted by molar-refractivity contribution is 9.12. The quantitative estimate of drug-likeness (QED) is 0.00736. The van der Waals surface area contributed by atoms with E-state index in [0.29, 0.717) is 91.1 Å². The van der Waals surface area contributed by atoms with Crippen LogP contribution in [0.4, 0.5) is 103 Å². The molecule has 0 radical (unpaired) electrons. The van der Waals surface area contributed by atoms with E-state index in [4.69, 9.17) is 60.5 Å². The maximum absolute atomic E-state index is 13.7. The smallest absolute Gasteiger partial charge is 0.475 e. The number of hydrogen-bond acceptors (Lipinski definition) is 20. The number of rotatable bonds is 23. The third kappa shape index (κ3) is 60.0. The minimum Gasteiger partial charge on any atom is -0.475 e. The van der Waals surface area contributed by atoms with Crippen LogP contribution in [0, 0.1) is 97.1 Å². The average Bonchev–Trinajstić information content (AvgIpc) is 1.76. The molecule has 1 saturated heterocycles. The lowest BCUT2D eigenvalue weighted by Gasteiger charge is -2.31. The highest BCUT2D eigenvalue weighted by atomic mass is 79.9. The van der Waals surface area contributed by atoms with Gasteiger partial charge in [-0.15, -0.1) is 0 Å². The number of hydrogen-bond donors (Lipinski definition) is 8. The van der Waals surface area contributed by atoms with E-state index in [2.05, 4.69) is 57.9 Å². The van der Waals surface area contributed by atoms with Gasteiger partial charge in [-0.05, 0) is 249 Å². The summed E-state index contributed by atoms with van der Waals surface area (Å²) in [4.78, 5) is 86.6. The molecule has 10 N–H and O–H groups in total. The van der Waals surface area contributed by atoms with E-state index in [1.165, 1.54) is 58.3 Å². The summed E-state index contributed by atoms with van der Waals surface area (Å²) < 4.78 is 249. The Morgan fingerprint density at radius 3 is 0.863 bits per heavy atom. The number of amides is 4. The molecule has 0 atom stereocenters. The van der Waals surface area contributed by atoms with Gasteiger partial charge in [-0.1, -0.05) is 58.4 Å². The number of nitrogens with two attached hydrogens (primary N) is 2. The van der Waals surface area contributed by atoms with Crippen LogP contribution in [0.5, 0.6) is 0 Å². The molecule has 139 heavy (non-hydrogen) atoms. The summed E-state index contributed by atoms with van der Waals surface area (Å²) in [6, 6.07) is 25.1. The van der Waals surface area contributed by atoms with Gasteiger partial charge in [0.2, 0.25) is 0 Å². The van der Waals surface area contributed by atoms with Gasteiger partial charge in [-0.25, -0.2) is 95.0 Å². The zero-order valence-electron chi connectivity index (χ0n) is 79.9. The zero-order valence-corrected chi connectivity index (χ0v) is 83.1. The van der Waals surface area contributed by atoms with Crippen LogP contribution in [0.1, 0.15) is 164 Å². The number of alkyl halides is 4. The third-order valence-electron chi connectivity index (χ3n) is 15.7. The summed E-state index contributed by atoms with van der Waals surface area (Å²) in [7, 11) is 0. The number of aliphatic carboxylic acids is 1. The largest absolute Gasteiger partial charge is 0.519 e. The van der Waals surface area contributed by atoms with E-state index >= 15 is 0 Å². The van der Waals surface area contributed by atoms with Gasteiger partial charge >= 0.3 is 48.8 Å². The van der Waals surface area contributed by atoms with E-state index in [0.717, 1.165) is 84.4 Å². The Morgan fingerprint density at radius 2 is 0.626 bits per heavy atom. The van der Waals surface area contributed by atoms with Crippen molar-refractivity contribution in [3.05, 3.63) is 248 Å². The first kappa shape index (κ1) is 127. The summed E-state index contributed by atoms with van der Waals surface area (Å²) in [5.74, 6) is -15.4. The second kappa shape index (κ2) is 61.6.